The minimum absolute atomic E-state index is 0.0455. The second kappa shape index (κ2) is 4.40. The van der Waals surface area contributed by atoms with Crippen molar-refractivity contribution in [1.82, 2.24) is 15.0 Å². The highest BCUT2D eigenvalue weighted by Crippen LogP contribution is 2.37. The van der Waals surface area contributed by atoms with Gasteiger partial charge in [0.15, 0.2) is 4.77 Å². The van der Waals surface area contributed by atoms with Gasteiger partial charge in [-0.3, -0.25) is 9.78 Å². The van der Waals surface area contributed by atoms with Gasteiger partial charge in [-0.05, 0) is 24.4 Å². The highest BCUT2D eigenvalue weighted by molar-refractivity contribution is 7.71. The first-order valence-corrected chi connectivity index (χ1v) is 6.10. The standard InChI is InChI=1S/C12H9N5O2S/c13-4-5-7(6-2-1-3-15-6)8-10(18)16-12(20)17-11(8)19-9(5)14/h1-3,7,15H,14H2,(H2,16,17,18,20)/t7-/m1/s1. The van der Waals surface area contributed by atoms with E-state index >= 15 is 0 Å². The summed E-state index contributed by atoms with van der Waals surface area (Å²) in [5.41, 5.74) is 6.46. The van der Waals surface area contributed by atoms with Gasteiger partial charge in [-0.2, -0.15) is 5.26 Å². The number of aromatic nitrogens is 3. The molecule has 3 heterocycles. The maximum absolute atomic E-state index is 12.1. The Kier molecular flexibility index (Phi) is 2.69. The van der Waals surface area contributed by atoms with E-state index in [0.717, 1.165) is 0 Å². The number of aromatic amines is 3. The Labute approximate surface area is 117 Å². The predicted molar refractivity (Wildman–Crippen MR) is 72.3 cm³/mol. The van der Waals surface area contributed by atoms with E-state index < -0.39 is 11.5 Å². The number of nitrogens with zero attached hydrogens (tertiary/aromatic N) is 1. The fourth-order valence-electron chi connectivity index (χ4n) is 2.22. The summed E-state index contributed by atoms with van der Waals surface area (Å²) in [7, 11) is 0. The molecular weight excluding hydrogens is 278 g/mol. The highest BCUT2D eigenvalue weighted by atomic mass is 32.1. The van der Waals surface area contributed by atoms with Crippen molar-refractivity contribution in [3.63, 3.8) is 0 Å². The molecule has 0 radical (unpaired) electrons. The molecule has 1 aliphatic rings. The van der Waals surface area contributed by atoms with E-state index in [-0.39, 0.29) is 27.7 Å². The molecule has 7 nitrogen and oxygen atoms in total. The Morgan fingerprint density at radius 2 is 2.25 bits per heavy atom. The van der Waals surface area contributed by atoms with Crippen molar-refractivity contribution >= 4 is 12.2 Å². The van der Waals surface area contributed by atoms with E-state index in [1.807, 2.05) is 6.07 Å². The first-order chi connectivity index (χ1) is 9.61. The van der Waals surface area contributed by atoms with Crippen LogP contribution in [-0.4, -0.2) is 15.0 Å². The molecule has 1 atom stereocenters. The Morgan fingerprint density at radius 3 is 2.90 bits per heavy atom. The molecule has 0 saturated heterocycles. The molecule has 0 aromatic carbocycles. The minimum Gasteiger partial charge on any atom is -0.424 e. The number of allylic oxidation sites excluding steroid dienone is 1. The van der Waals surface area contributed by atoms with Crippen LogP contribution in [0.4, 0.5) is 0 Å². The van der Waals surface area contributed by atoms with E-state index in [1.54, 1.807) is 18.3 Å². The molecule has 8 heteroatoms. The van der Waals surface area contributed by atoms with Gasteiger partial charge in [-0.25, -0.2) is 0 Å². The van der Waals surface area contributed by atoms with Crippen molar-refractivity contribution < 1.29 is 4.74 Å². The maximum Gasteiger partial charge on any atom is 0.259 e. The number of hydrogen-bond acceptors (Lipinski definition) is 5. The molecule has 20 heavy (non-hydrogen) atoms. The lowest BCUT2D eigenvalue weighted by Gasteiger charge is -2.23. The van der Waals surface area contributed by atoms with Gasteiger partial charge in [0, 0.05) is 11.9 Å². The third-order valence-corrected chi connectivity index (χ3v) is 3.26. The molecule has 0 aliphatic carbocycles. The summed E-state index contributed by atoms with van der Waals surface area (Å²) in [6.07, 6.45) is 1.70. The molecule has 0 spiro atoms. The largest absolute Gasteiger partial charge is 0.424 e. The number of fused-ring (bicyclic) bond motifs is 1. The predicted octanol–water partition coefficient (Wildman–Crippen LogP) is 0.979. The van der Waals surface area contributed by atoms with Crippen molar-refractivity contribution in [2.45, 2.75) is 5.92 Å². The van der Waals surface area contributed by atoms with Crippen LogP contribution >= 0.6 is 12.2 Å². The Balaban J connectivity index is 2.35. The van der Waals surface area contributed by atoms with Crippen molar-refractivity contribution in [2.24, 2.45) is 5.73 Å². The lowest BCUT2D eigenvalue weighted by atomic mass is 9.89. The first kappa shape index (κ1) is 12.3. The number of nitrogens with two attached hydrogens (primary N) is 1. The Morgan fingerprint density at radius 1 is 1.45 bits per heavy atom. The molecule has 0 amide bonds. The number of H-pyrrole nitrogens is 3. The molecule has 0 saturated carbocycles. The van der Waals surface area contributed by atoms with Crippen LogP contribution in [0.15, 0.2) is 34.6 Å². The zero-order valence-electron chi connectivity index (χ0n) is 10.1. The van der Waals surface area contributed by atoms with Crippen LogP contribution in [-0.2, 0) is 0 Å². The molecule has 100 valence electrons. The zero-order valence-corrected chi connectivity index (χ0v) is 10.9. The van der Waals surface area contributed by atoms with Crippen molar-refractivity contribution in [2.75, 3.05) is 0 Å². The Bertz CT molecular complexity index is 853. The molecule has 0 fully saturated rings. The first-order valence-electron chi connectivity index (χ1n) is 5.69. The number of rotatable bonds is 1. The van der Waals surface area contributed by atoms with E-state index in [4.69, 9.17) is 22.7 Å². The van der Waals surface area contributed by atoms with E-state index in [9.17, 15) is 10.1 Å². The average molecular weight is 287 g/mol. The second-order valence-corrected chi connectivity index (χ2v) is 4.61. The van der Waals surface area contributed by atoms with Crippen LogP contribution in [0, 0.1) is 16.1 Å². The molecule has 5 N–H and O–H groups in total. The van der Waals surface area contributed by atoms with E-state index in [0.29, 0.717) is 5.69 Å². The van der Waals surface area contributed by atoms with Crippen LogP contribution in [0.3, 0.4) is 0 Å². The quantitative estimate of drug-likeness (QED) is 0.582. The smallest absolute Gasteiger partial charge is 0.259 e. The van der Waals surface area contributed by atoms with Crippen LogP contribution in [0.5, 0.6) is 5.88 Å². The Hall–Kier alpha value is -2.79. The number of nitrogens with one attached hydrogen (secondary N) is 3. The van der Waals surface area contributed by atoms with Gasteiger partial charge in [-0.15, -0.1) is 0 Å². The summed E-state index contributed by atoms with van der Waals surface area (Å²) in [5.74, 6) is -0.500. The average Bonchev–Trinajstić information content (AvgIpc) is 2.90. The minimum atomic E-state index is -0.616. The van der Waals surface area contributed by atoms with Gasteiger partial charge in [0.2, 0.25) is 11.8 Å². The van der Waals surface area contributed by atoms with Crippen LogP contribution < -0.4 is 16.0 Å². The number of ether oxygens (including phenoxy) is 1. The molecule has 3 rings (SSSR count). The van der Waals surface area contributed by atoms with Gasteiger partial charge < -0.3 is 20.4 Å². The number of hydrogen-bond donors (Lipinski definition) is 4. The maximum atomic E-state index is 12.1. The van der Waals surface area contributed by atoms with Gasteiger partial charge in [0.05, 0.1) is 11.5 Å². The van der Waals surface area contributed by atoms with Gasteiger partial charge in [-0.1, -0.05) is 0 Å². The summed E-state index contributed by atoms with van der Waals surface area (Å²) in [4.78, 5) is 20.4. The van der Waals surface area contributed by atoms with Crippen LogP contribution in [0.2, 0.25) is 0 Å². The van der Waals surface area contributed by atoms with Gasteiger partial charge in [0.25, 0.3) is 5.56 Å². The van der Waals surface area contributed by atoms with Gasteiger partial charge >= 0.3 is 0 Å². The summed E-state index contributed by atoms with van der Waals surface area (Å²) < 4.78 is 5.44. The van der Waals surface area contributed by atoms with Crippen LogP contribution in [0.1, 0.15) is 17.2 Å². The summed E-state index contributed by atoms with van der Waals surface area (Å²) >= 11 is 4.90. The summed E-state index contributed by atoms with van der Waals surface area (Å²) in [6, 6.07) is 5.53. The third-order valence-electron chi connectivity index (χ3n) is 3.05. The zero-order chi connectivity index (χ0) is 14.3. The van der Waals surface area contributed by atoms with Crippen molar-refractivity contribution in [3.8, 4) is 11.9 Å². The number of nitriles is 1. The van der Waals surface area contributed by atoms with Crippen LogP contribution in [0.25, 0.3) is 0 Å². The molecule has 0 bridgehead atoms. The molecule has 1 aliphatic heterocycles. The fraction of sp³-hybridized carbons (Fsp3) is 0.0833. The normalized spacial score (nSPS) is 17.2. The lowest BCUT2D eigenvalue weighted by molar-refractivity contribution is 0.373. The SMILES string of the molecule is N#CC1=C(N)Oc2[nH]c(=S)[nH]c(=O)c2[C@H]1c1ccc[nH]1. The highest BCUT2D eigenvalue weighted by Gasteiger charge is 2.34. The molecule has 2 aromatic heterocycles. The van der Waals surface area contributed by atoms with E-state index in [2.05, 4.69) is 15.0 Å². The fourth-order valence-corrected chi connectivity index (χ4v) is 2.41. The second-order valence-electron chi connectivity index (χ2n) is 4.20. The van der Waals surface area contributed by atoms with Crippen molar-refractivity contribution in [3.05, 3.63) is 56.2 Å². The topological polar surface area (TPSA) is 123 Å². The molecule has 0 unspecified atom stereocenters. The molecular formula is C12H9N5O2S. The van der Waals surface area contributed by atoms with Gasteiger partial charge in [0.1, 0.15) is 11.6 Å². The monoisotopic (exact) mass is 287 g/mol. The summed E-state index contributed by atoms with van der Waals surface area (Å²) in [6.45, 7) is 0. The van der Waals surface area contributed by atoms with Crippen molar-refractivity contribution in [1.29, 1.82) is 5.26 Å². The summed E-state index contributed by atoms with van der Waals surface area (Å²) in [5, 5.41) is 9.28. The molecule has 2 aromatic rings. The van der Waals surface area contributed by atoms with E-state index in [1.165, 1.54) is 0 Å². The lowest BCUT2D eigenvalue weighted by Crippen LogP contribution is -2.28. The third kappa shape index (κ3) is 1.72.